The summed E-state index contributed by atoms with van der Waals surface area (Å²) in [5.74, 6) is -3.74. The second-order valence-electron chi connectivity index (χ2n) is 8.03. The highest BCUT2D eigenvalue weighted by molar-refractivity contribution is 5.91. The molecule has 0 saturated heterocycles. The number of rotatable bonds is 11. The number of nitrogens with one attached hydrogen (secondary N) is 3. The molecule has 0 spiro atoms. The molecule has 2 aromatic carbocycles. The van der Waals surface area contributed by atoms with Gasteiger partial charge in [-0.2, -0.15) is 0 Å². The summed E-state index contributed by atoms with van der Waals surface area (Å²) < 4.78 is 0.783. The Morgan fingerprint density at radius 3 is 2.31 bits per heavy atom. The van der Waals surface area contributed by atoms with Crippen molar-refractivity contribution < 1.29 is 24.3 Å². The highest BCUT2D eigenvalue weighted by Gasteiger charge is 2.30. The van der Waals surface area contributed by atoms with E-state index < -0.39 is 53.6 Å². The van der Waals surface area contributed by atoms with Crippen LogP contribution in [0.1, 0.15) is 24.4 Å². The molecule has 3 aromatic rings. The van der Waals surface area contributed by atoms with Gasteiger partial charge in [-0.25, -0.2) is 9.36 Å². The number of carbonyl (C=O) groups is 4. The molecule has 2 atom stereocenters. The molecule has 0 radical (unpaired) electrons. The third-order valence-electron chi connectivity index (χ3n) is 5.45. The van der Waals surface area contributed by atoms with Gasteiger partial charge in [0.15, 0.2) is 0 Å². The lowest BCUT2D eigenvalue weighted by molar-refractivity contribution is -0.138. The van der Waals surface area contributed by atoms with Crippen LogP contribution in [-0.4, -0.2) is 50.9 Å². The summed E-state index contributed by atoms with van der Waals surface area (Å²) in [5.41, 5.74) is 4.59. The number of hydrogen-bond donors (Lipinski definition) is 5. The molecule has 6 N–H and O–H groups in total. The van der Waals surface area contributed by atoms with E-state index in [9.17, 15) is 28.8 Å². The maximum atomic E-state index is 13.5. The van der Waals surface area contributed by atoms with Crippen molar-refractivity contribution >= 4 is 34.6 Å². The number of aromatic amines is 1. The van der Waals surface area contributed by atoms with Gasteiger partial charge in [0.05, 0.1) is 10.9 Å². The van der Waals surface area contributed by atoms with Crippen LogP contribution in [0.2, 0.25) is 0 Å². The summed E-state index contributed by atoms with van der Waals surface area (Å²) in [7, 11) is 0. The third kappa shape index (κ3) is 6.44. The van der Waals surface area contributed by atoms with Crippen LogP contribution in [0.5, 0.6) is 0 Å². The molecule has 0 saturated carbocycles. The van der Waals surface area contributed by atoms with E-state index in [1.165, 1.54) is 6.07 Å². The van der Waals surface area contributed by atoms with Crippen LogP contribution in [0.4, 0.5) is 0 Å². The Kier molecular flexibility index (Phi) is 8.34. The quantitative estimate of drug-likeness (QED) is 0.235. The van der Waals surface area contributed by atoms with E-state index in [1.54, 1.807) is 48.5 Å². The van der Waals surface area contributed by atoms with Crippen LogP contribution >= 0.6 is 0 Å². The first kappa shape index (κ1) is 25.9. The summed E-state index contributed by atoms with van der Waals surface area (Å²) in [6.07, 6.45) is -0.549. The molecule has 12 nitrogen and oxygen atoms in total. The molecule has 3 rings (SSSR count). The fourth-order valence-electron chi connectivity index (χ4n) is 3.71. The number of nitrogens with zero attached hydrogens (tertiary/aromatic N) is 1. The number of primary amides is 1. The van der Waals surface area contributed by atoms with Crippen molar-refractivity contribution in [2.75, 3.05) is 6.54 Å². The number of carbonyl (C=O) groups excluding carboxylic acids is 3. The topological polar surface area (TPSA) is 193 Å². The van der Waals surface area contributed by atoms with Crippen LogP contribution < -0.4 is 27.6 Å². The van der Waals surface area contributed by atoms with Gasteiger partial charge in [0.25, 0.3) is 5.56 Å². The number of aliphatic carboxylic acids is 1. The van der Waals surface area contributed by atoms with Crippen molar-refractivity contribution in [3.8, 4) is 0 Å². The van der Waals surface area contributed by atoms with Crippen LogP contribution in [0.25, 0.3) is 10.9 Å². The predicted molar refractivity (Wildman–Crippen MR) is 129 cm³/mol. The Bertz CT molecular complexity index is 1400. The van der Waals surface area contributed by atoms with Gasteiger partial charge in [0.2, 0.25) is 17.7 Å². The van der Waals surface area contributed by atoms with Gasteiger partial charge < -0.3 is 26.5 Å². The second-order valence-corrected chi connectivity index (χ2v) is 8.03. The molecule has 36 heavy (non-hydrogen) atoms. The molecule has 2 unspecified atom stereocenters. The number of aromatic nitrogens is 2. The summed E-state index contributed by atoms with van der Waals surface area (Å²) in [4.78, 5) is 76.9. The van der Waals surface area contributed by atoms with Crippen molar-refractivity contribution in [1.29, 1.82) is 0 Å². The lowest BCUT2D eigenvalue weighted by Gasteiger charge is -2.23. The lowest BCUT2D eigenvalue weighted by atomic mass is 10.0. The minimum atomic E-state index is -1.36. The Labute approximate surface area is 204 Å². The molecule has 188 valence electrons. The van der Waals surface area contributed by atoms with Gasteiger partial charge >= 0.3 is 11.7 Å². The highest BCUT2D eigenvalue weighted by Crippen LogP contribution is 2.14. The minimum Gasteiger partial charge on any atom is -0.480 e. The van der Waals surface area contributed by atoms with Gasteiger partial charge in [-0.05, 0) is 24.1 Å². The largest absolute Gasteiger partial charge is 0.480 e. The first-order valence-electron chi connectivity index (χ1n) is 11.0. The van der Waals surface area contributed by atoms with E-state index in [-0.39, 0.29) is 24.6 Å². The number of benzene rings is 2. The fourth-order valence-corrected chi connectivity index (χ4v) is 3.71. The van der Waals surface area contributed by atoms with E-state index in [0.29, 0.717) is 11.1 Å². The molecule has 0 bridgehead atoms. The number of carboxylic acids is 1. The minimum absolute atomic E-state index is 0.0622. The molecule has 0 aliphatic rings. The van der Waals surface area contributed by atoms with Gasteiger partial charge in [0.1, 0.15) is 18.6 Å². The molecule has 0 aliphatic carbocycles. The zero-order chi connectivity index (χ0) is 26.2. The van der Waals surface area contributed by atoms with Crippen LogP contribution in [0.15, 0.2) is 64.2 Å². The maximum absolute atomic E-state index is 13.5. The lowest BCUT2D eigenvalue weighted by Crippen LogP contribution is -2.52. The van der Waals surface area contributed by atoms with E-state index in [4.69, 9.17) is 10.8 Å². The summed E-state index contributed by atoms with van der Waals surface area (Å²) in [5, 5.41) is 13.6. The summed E-state index contributed by atoms with van der Waals surface area (Å²) in [6, 6.07) is 12.3. The number of carboxylic acid groups (broad SMARTS) is 1. The van der Waals surface area contributed by atoms with Crippen LogP contribution in [-0.2, 0) is 25.6 Å². The first-order valence-corrected chi connectivity index (χ1v) is 11.0. The normalized spacial score (nSPS) is 12.4. The standard InChI is InChI=1S/C24H25N5O7/c25-19(30)11-10-17(21(33)26-13-20(31)32)27-22(34)18(12-14-6-2-1-3-7-14)29-23(35)15-8-4-5-9-16(15)28-24(29)36/h1-9,17-18H,10-13H2,(H2,25,30)(H,26,33)(H,27,34)(H,28,36)(H,31,32). The molecule has 3 amide bonds. The van der Waals surface area contributed by atoms with E-state index in [1.807, 2.05) is 0 Å². The van der Waals surface area contributed by atoms with E-state index in [2.05, 4.69) is 15.6 Å². The van der Waals surface area contributed by atoms with Crippen molar-refractivity contribution in [3.05, 3.63) is 81.0 Å². The Balaban J connectivity index is 2.01. The van der Waals surface area contributed by atoms with Crippen LogP contribution in [0.3, 0.4) is 0 Å². The van der Waals surface area contributed by atoms with E-state index in [0.717, 1.165) is 4.57 Å². The number of nitrogens with two attached hydrogens (primary N) is 1. The van der Waals surface area contributed by atoms with Crippen molar-refractivity contribution in [2.24, 2.45) is 5.73 Å². The number of H-pyrrole nitrogens is 1. The zero-order valence-electron chi connectivity index (χ0n) is 19.1. The SMILES string of the molecule is NC(=O)CCC(NC(=O)C(Cc1ccccc1)n1c(=O)[nH]c2ccccc2c1=O)C(=O)NCC(=O)O. The molecule has 12 heteroatoms. The number of para-hydroxylation sites is 1. The molecule has 1 aromatic heterocycles. The van der Waals surface area contributed by atoms with Gasteiger partial charge in [-0.3, -0.25) is 24.0 Å². The Hall–Kier alpha value is -4.74. The Morgan fingerprint density at radius 2 is 1.64 bits per heavy atom. The summed E-state index contributed by atoms with van der Waals surface area (Å²) in [6.45, 7) is -0.709. The number of amides is 3. The van der Waals surface area contributed by atoms with Crippen molar-refractivity contribution in [3.63, 3.8) is 0 Å². The third-order valence-corrected chi connectivity index (χ3v) is 5.45. The van der Waals surface area contributed by atoms with Crippen LogP contribution in [0, 0.1) is 0 Å². The van der Waals surface area contributed by atoms with Crippen molar-refractivity contribution in [2.45, 2.75) is 31.3 Å². The molecule has 0 fully saturated rings. The van der Waals surface area contributed by atoms with E-state index >= 15 is 0 Å². The van der Waals surface area contributed by atoms with Gasteiger partial charge in [-0.15, -0.1) is 0 Å². The molecular formula is C24H25N5O7. The van der Waals surface area contributed by atoms with Crippen molar-refractivity contribution in [1.82, 2.24) is 20.2 Å². The number of hydrogen-bond acceptors (Lipinski definition) is 6. The fraction of sp³-hybridized carbons (Fsp3) is 0.250. The molecule has 1 heterocycles. The maximum Gasteiger partial charge on any atom is 0.329 e. The first-order chi connectivity index (χ1) is 17.2. The molecular weight excluding hydrogens is 470 g/mol. The monoisotopic (exact) mass is 495 g/mol. The van der Waals surface area contributed by atoms with Gasteiger partial charge in [0, 0.05) is 12.8 Å². The average molecular weight is 495 g/mol. The van der Waals surface area contributed by atoms with Gasteiger partial charge in [-0.1, -0.05) is 42.5 Å². The zero-order valence-corrected chi connectivity index (χ0v) is 19.1. The second kappa shape index (κ2) is 11.6. The highest BCUT2D eigenvalue weighted by atomic mass is 16.4. The Morgan fingerprint density at radius 1 is 0.972 bits per heavy atom. The average Bonchev–Trinajstić information content (AvgIpc) is 2.84. The summed E-state index contributed by atoms with van der Waals surface area (Å²) >= 11 is 0. The number of fused-ring (bicyclic) bond motifs is 1. The molecule has 0 aliphatic heterocycles. The predicted octanol–water partition coefficient (Wildman–Crippen LogP) is -0.575. The smallest absolute Gasteiger partial charge is 0.329 e.